The molecule has 1 rings (SSSR count). The number of methoxy groups -OCH3 is 1. The molecule has 0 fully saturated rings. The van der Waals surface area contributed by atoms with Crippen molar-refractivity contribution in [2.75, 3.05) is 20.3 Å². The number of nitrogens with zero attached hydrogens (tertiary/aromatic N) is 1. The molecule has 5 nitrogen and oxygen atoms in total. The summed E-state index contributed by atoms with van der Waals surface area (Å²) in [5.74, 6) is -1.73. The number of rotatable bonds is 7. The number of carbonyl (C=O) groups excluding carboxylic acids is 1. The van der Waals surface area contributed by atoms with E-state index in [1.807, 2.05) is 30.3 Å². The summed E-state index contributed by atoms with van der Waals surface area (Å²) >= 11 is 0. The molecule has 0 aliphatic heterocycles. The highest BCUT2D eigenvalue weighted by atomic mass is 16.5. The van der Waals surface area contributed by atoms with Gasteiger partial charge in [0.25, 0.3) is 0 Å². The highest BCUT2D eigenvalue weighted by molar-refractivity contribution is 5.78. The molecule has 1 aromatic carbocycles. The maximum atomic E-state index is 11.9. The van der Waals surface area contributed by atoms with Crippen molar-refractivity contribution >= 4 is 11.9 Å². The first-order chi connectivity index (χ1) is 9.04. The van der Waals surface area contributed by atoms with Crippen LogP contribution in [0.3, 0.4) is 0 Å². The minimum absolute atomic E-state index is 0.0425. The van der Waals surface area contributed by atoms with E-state index in [-0.39, 0.29) is 19.1 Å². The average molecular weight is 265 g/mol. The third-order valence-electron chi connectivity index (χ3n) is 2.75. The molecule has 0 aliphatic carbocycles. The standard InChI is InChI=1S/C14H19NO4/c1-11(14(17)18)8-15(13(16)10-19-2)9-12-6-4-3-5-7-12/h3-7,11H,8-10H2,1-2H3,(H,17,18). The van der Waals surface area contributed by atoms with E-state index in [1.54, 1.807) is 6.92 Å². The van der Waals surface area contributed by atoms with Gasteiger partial charge in [0.2, 0.25) is 5.91 Å². The van der Waals surface area contributed by atoms with Gasteiger partial charge in [-0.25, -0.2) is 0 Å². The summed E-state index contributed by atoms with van der Waals surface area (Å²) in [5.41, 5.74) is 0.963. The van der Waals surface area contributed by atoms with Crippen molar-refractivity contribution in [3.05, 3.63) is 35.9 Å². The van der Waals surface area contributed by atoms with Gasteiger partial charge in [-0.2, -0.15) is 0 Å². The van der Waals surface area contributed by atoms with Crippen LogP contribution in [0.1, 0.15) is 12.5 Å². The van der Waals surface area contributed by atoms with Crippen LogP contribution in [0.2, 0.25) is 0 Å². The van der Waals surface area contributed by atoms with E-state index in [4.69, 9.17) is 9.84 Å². The Balaban J connectivity index is 2.74. The molecule has 0 saturated heterocycles. The summed E-state index contributed by atoms with van der Waals surface area (Å²) in [6.45, 7) is 2.10. The fourth-order valence-electron chi connectivity index (χ4n) is 1.68. The predicted molar refractivity (Wildman–Crippen MR) is 70.5 cm³/mol. The number of hydrogen-bond donors (Lipinski definition) is 1. The van der Waals surface area contributed by atoms with Crippen molar-refractivity contribution < 1.29 is 19.4 Å². The van der Waals surface area contributed by atoms with Crippen LogP contribution in [0.15, 0.2) is 30.3 Å². The smallest absolute Gasteiger partial charge is 0.308 e. The number of amides is 1. The maximum absolute atomic E-state index is 11.9. The lowest BCUT2D eigenvalue weighted by atomic mass is 10.1. The number of ether oxygens (including phenoxy) is 1. The molecule has 0 saturated carbocycles. The largest absolute Gasteiger partial charge is 0.481 e. The molecule has 0 heterocycles. The van der Waals surface area contributed by atoms with Crippen LogP contribution in [0.5, 0.6) is 0 Å². The Labute approximate surface area is 112 Å². The minimum atomic E-state index is -0.914. The van der Waals surface area contributed by atoms with E-state index in [9.17, 15) is 9.59 Å². The Morgan fingerprint density at radius 3 is 2.47 bits per heavy atom. The Bertz CT molecular complexity index is 419. The second-order valence-electron chi connectivity index (χ2n) is 4.43. The molecule has 104 valence electrons. The quantitative estimate of drug-likeness (QED) is 0.809. The lowest BCUT2D eigenvalue weighted by molar-refractivity contribution is -0.144. The summed E-state index contributed by atoms with van der Waals surface area (Å²) in [6, 6.07) is 9.46. The molecule has 1 N–H and O–H groups in total. The molecule has 0 aromatic heterocycles. The fraction of sp³-hybridized carbons (Fsp3) is 0.429. The van der Waals surface area contributed by atoms with Gasteiger partial charge in [-0.05, 0) is 5.56 Å². The third kappa shape index (κ3) is 5.09. The van der Waals surface area contributed by atoms with Crippen LogP contribution >= 0.6 is 0 Å². The van der Waals surface area contributed by atoms with Gasteiger partial charge < -0.3 is 14.7 Å². The van der Waals surface area contributed by atoms with E-state index in [0.717, 1.165) is 5.56 Å². The van der Waals surface area contributed by atoms with Crippen LogP contribution in [0.4, 0.5) is 0 Å². The number of hydrogen-bond acceptors (Lipinski definition) is 3. The number of carbonyl (C=O) groups is 2. The van der Waals surface area contributed by atoms with Crippen LogP contribution in [-0.2, 0) is 20.9 Å². The van der Waals surface area contributed by atoms with Gasteiger partial charge >= 0.3 is 5.97 Å². The summed E-state index contributed by atoms with van der Waals surface area (Å²) in [5, 5.41) is 8.94. The van der Waals surface area contributed by atoms with E-state index < -0.39 is 11.9 Å². The van der Waals surface area contributed by atoms with Crippen molar-refractivity contribution in [3.8, 4) is 0 Å². The van der Waals surface area contributed by atoms with Gasteiger partial charge in [0.15, 0.2) is 0 Å². The van der Waals surface area contributed by atoms with Crippen LogP contribution in [0.25, 0.3) is 0 Å². The van der Waals surface area contributed by atoms with Gasteiger partial charge in [0, 0.05) is 20.2 Å². The predicted octanol–water partition coefficient (Wildman–Crippen LogP) is 1.38. The molecule has 1 unspecified atom stereocenters. The van der Waals surface area contributed by atoms with Crippen molar-refractivity contribution in [3.63, 3.8) is 0 Å². The Hall–Kier alpha value is -1.88. The Morgan fingerprint density at radius 1 is 1.32 bits per heavy atom. The number of benzene rings is 1. The molecule has 1 aromatic rings. The third-order valence-corrected chi connectivity index (χ3v) is 2.75. The normalized spacial score (nSPS) is 11.9. The number of aliphatic carboxylic acids is 1. The van der Waals surface area contributed by atoms with E-state index >= 15 is 0 Å². The second kappa shape index (κ2) is 7.53. The molecule has 1 amide bonds. The zero-order chi connectivity index (χ0) is 14.3. The first kappa shape index (κ1) is 15.2. The van der Waals surface area contributed by atoms with Gasteiger partial charge in [0.1, 0.15) is 6.61 Å². The van der Waals surface area contributed by atoms with Crippen molar-refractivity contribution in [1.29, 1.82) is 0 Å². The van der Waals surface area contributed by atoms with E-state index in [0.29, 0.717) is 6.54 Å². The average Bonchev–Trinajstić information content (AvgIpc) is 2.39. The topological polar surface area (TPSA) is 66.8 Å². The van der Waals surface area contributed by atoms with Gasteiger partial charge in [0.05, 0.1) is 5.92 Å². The van der Waals surface area contributed by atoms with Crippen molar-refractivity contribution in [2.24, 2.45) is 5.92 Å². The molecule has 0 aliphatic rings. The summed E-state index contributed by atoms with van der Waals surface area (Å²) in [6.07, 6.45) is 0. The monoisotopic (exact) mass is 265 g/mol. The van der Waals surface area contributed by atoms with Crippen molar-refractivity contribution in [1.82, 2.24) is 4.90 Å². The first-order valence-corrected chi connectivity index (χ1v) is 6.08. The lowest BCUT2D eigenvalue weighted by Gasteiger charge is -2.24. The number of carboxylic acid groups (broad SMARTS) is 1. The zero-order valence-corrected chi connectivity index (χ0v) is 11.2. The molecule has 1 atom stereocenters. The highest BCUT2D eigenvalue weighted by Gasteiger charge is 2.20. The lowest BCUT2D eigenvalue weighted by Crippen LogP contribution is -2.38. The Kier molecular flexibility index (Phi) is 6.02. The van der Waals surface area contributed by atoms with Crippen molar-refractivity contribution in [2.45, 2.75) is 13.5 Å². The van der Waals surface area contributed by atoms with E-state index in [1.165, 1.54) is 12.0 Å². The summed E-state index contributed by atoms with van der Waals surface area (Å²) in [4.78, 5) is 24.3. The molecule has 19 heavy (non-hydrogen) atoms. The van der Waals surface area contributed by atoms with Gasteiger partial charge in [-0.15, -0.1) is 0 Å². The molecule has 0 bridgehead atoms. The fourth-order valence-corrected chi connectivity index (χ4v) is 1.68. The molecule has 5 heteroatoms. The molecule has 0 spiro atoms. The first-order valence-electron chi connectivity index (χ1n) is 6.08. The van der Waals surface area contributed by atoms with Crippen LogP contribution in [0, 0.1) is 5.92 Å². The van der Waals surface area contributed by atoms with Crippen LogP contribution < -0.4 is 0 Å². The van der Waals surface area contributed by atoms with E-state index in [2.05, 4.69) is 0 Å². The summed E-state index contributed by atoms with van der Waals surface area (Å²) in [7, 11) is 1.44. The maximum Gasteiger partial charge on any atom is 0.308 e. The minimum Gasteiger partial charge on any atom is -0.481 e. The number of carboxylic acids is 1. The van der Waals surface area contributed by atoms with Crippen LogP contribution in [-0.4, -0.2) is 42.1 Å². The second-order valence-corrected chi connectivity index (χ2v) is 4.43. The SMILES string of the molecule is COCC(=O)N(Cc1ccccc1)CC(C)C(=O)O. The molecular formula is C14H19NO4. The molecule has 0 radical (unpaired) electrons. The van der Waals surface area contributed by atoms with Gasteiger partial charge in [-0.1, -0.05) is 37.3 Å². The molecular weight excluding hydrogens is 246 g/mol. The summed E-state index contributed by atoms with van der Waals surface area (Å²) < 4.78 is 4.83. The van der Waals surface area contributed by atoms with Gasteiger partial charge in [-0.3, -0.25) is 9.59 Å². The highest BCUT2D eigenvalue weighted by Crippen LogP contribution is 2.08. The zero-order valence-electron chi connectivity index (χ0n) is 11.2. The Morgan fingerprint density at radius 2 is 1.95 bits per heavy atom.